The number of hydrogen-bond donors (Lipinski definition) is 0. The summed E-state index contributed by atoms with van der Waals surface area (Å²) in [6.07, 6.45) is 0. The van der Waals surface area contributed by atoms with Crippen LogP contribution < -0.4 is 4.90 Å². The zero-order valence-electron chi connectivity index (χ0n) is 17.0. The van der Waals surface area contributed by atoms with E-state index in [1.54, 1.807) is 6.07 Å². The summed E-state index contributed by atoms with van der Waals surface area (Å²) in [6.45, 7) is 4.12. The van der Waals surface area contributed by atoms with Crippen molar-refractivity contribution in [3.63, 3.8) is 0 Å². The van der Waals surface area contributed by atoms with Crippen LogP contribution in [0.15, 0.2) is 75.9 Å². The Labute approximate surface area is 169 Å². The second-order valence-electron chi connectivity index (χ2n) is 7.34. The quantitative estimate of drug-likeness (QED) is 0.560. The molecule has 0 amide bonds. The van der Waals surface area contributed by atoms with Crippen molar-refractivity contribution in [1.29, 1.82) is 0 Å². The van der Waals surface area contributed by atoms with Gasteiger partial charge in [-0.3, -0.25) is 0 Å². The van der Waals surface area contributed by atoms with Crippen LogP contribution in [0, 0.1) is 0 Å². The monoisotopic (exact) mass is 389 g/mol. The van der Waals surface area contributed by atoms with Gasteiger partial charge in [-0.2, -0.15) is 0 Å². The lowest BCUT2D eigenvalue weighted by Gasteiger charge is -2.22. The molecule has 2 heterocycles. The Morgan fingerprint density at radius 2 is 1.83 bits per heavy atom. The van der Waals surface area contributed by atoms with Crippen LogP contribution >= 0.6 is 0 Å². The van der Waals surface area contributed by atoms with Gasteiger partial charge >= 0.3 is 5.97 Å². The lowest BCUT2D eigenvalue weighted by Crippen LogP contribution is -2.15. The van der Waals surface area contributed by atoms with E-state index in [-0.39, 0.29) is 0 Å². The van der Waals surface area contributed by atoms with Crippen LogP contribution in [0.5, 0.6) is 0 Å². The van der Waals surface area contributed by atoms with Gasteiger partial charge < -0.3 is 18.8 Å². The Hall–Kier alpha value is -3.47. The highest BCUT2D eigenvalue weighted by Gasteiger charge is 2.25. The number of hydrogen-bond acceptors (Lipinski definition) is 5. The fraction of sp³-hybridized carbons (Fsp3) is 0.208. The van der Waals surface area contributed by atoms with Gasteiger partial charge in [-0.25, -0.2) is 4.79 Å². The lowest BCUT2D eigenvalue weighted by atomic mass is 10.1. The highest BCUT2D eigenvalue weighted by molar-refractivity contribution is 5.92. The van der Waals surface area contributed by atoms with Crippen LogP contribution in [-0.4, -0.2) is 26.7 Å². The Bertz CT molecular complexity index is 1120. The smallest absolute Gasteiger partial charge is 0.343 e. The van der Waals surface area contributed by atoms with Crippen molar-refractivity contribution < 1.29 is 18.7 Å². The van der Waals surface area contributed by atoms with E-state index >= 15 is 0 Å². The Morgan fingerprint density at radius 3 is 2.59 bits per heavy atom. The van der Waals surface area contributed by atoms with Gasteiger partial charge in [0.25, 0.3) is 0 Å². The lowest BCUT2D eigenvalue weighted by molar-refractivity contribution is 0.0621. The van der Waals surface area contributed by atoms with Gasteiger partial charge in [0.2, 0.25) is 0 Å². The zero-order chi connectivity index (χ0) is 20.5. The minimum absolute atomic E-state index is 0.337. The third-order valence-electron chi connectivity index (χ3n) is 4.94. The first kappa shape index (κ1) is 18.9. The third-order valence-corrected chi connectivity index (χ3v) is 4.94. The minimum atomic E-state index is -0.395. The van der Waals surface area contributed by atoms with Crippen LogP contribution in [-0.2, 0) is 9.47 Å². The molecule has 0 radical (unpaired) electrons. The molecule has 4 rings (SSSR count). The van der Waals surface area contributed by atoms with E-state index in [1.165, 1.54) is 0 Å². The second kappa shape index (κ2) is 7.51. The van der Waals surface area contributed by atoms with Gasteiger partial charge in [-0.15, -0.1) is 0 Å². The summed E-state index contributed by atoms with van der Waals surface area (Å²) in [5.41, 5.74) is 3.83. The van der Waals surface area contributed by atoms with E-state index in [1.807, 2.05) is 81.4 Å². The number of furan rings is 1. The normalized spacial score (nSPS) is 14.2. The Morgan fingerprint density at radius 1 is 1.03 bits per heavy atom. The molecule has 0 bridgehead atoms. The van der Waals surface area contributed by atoms with Crippen molar-refractivity contribution >= 4 is 28.4 Å². The molecule has 0 saturated heterocycles. The van der Waals surface area contributed by atoms with Gasteiger partial charge in [0.15, 0.2) is 11.5 Å². The van der Waals surface area contributed by atoms with E-state index in [0.717, 1.165) is 27.8 Å². The van der Waals surface area contributed by atoms with E-state index in [0.29, 0.717) is 29.4 Å². The Balaban J connectivity index is 1.65. The fourth-order valence-electron chi connectivity index (χ4n) is 3.35. The van der Waals surface area contributed by atoms with Gasteiger partial charge in [0.05, 0.1) is 5.56 Å². The van der Waals surface area contributed by atoms with Gasteiger partial charge in [-0.05, 0) is 44.2 Å². The SMILES string of the molecule is CC1=C(OC(=O)c2cccc(N(C)C)c2)C(C)=C(c2cc3ccccc3o2)OC1. The number of rotatable bonds is 4. The molecule has 0 spiro atoms. The summed E-state index contributed by atoms with van der Waals surface area (Å²) >= 11 is 0. The molecular formula is C24H23NO4. The molecule has 29 heavy (non-hydrogen) atoms. The molecule has 148 valence electrons. The number of para-hydroxylation sites is 1. The first-order valence-electron chi connectivity index (χ1n) is 9.46. The summed E-state index contributed by atoms with van der Waals surface area (Å²) in [5, 5.41) is 0.997. The van der Waals surface area contributed by atoms with Crippen LogP contribution in [0.1, 0.15) is 30.0 Å². The van der Waals surface area contributed by atoms with Crippen molar-refractivity contribution in [3.05, 3.63) is 82.8 Å². The predicted molar refractivity (Wildman–Crippen MR) is 114 cm³/mol. The van der Waals surface area contributed by atoms with Crippen molar-refractivity contribution in [3.8, 4) is 0 Å². The average molecular weight is 389 g/mol. The third kappa shape index (κ3) is 3.63. The standard InChI is InChI=1S/C24H23NO4/c1-15-14-27-23(21-13-17-8-5-6-11-20(17)28-21)16(2)22(15)29-24(26)18-9-7-10-19(12-18)25(3)4/h5-13H,14H2,1-4H3. The van der Waals surface area contributed by atoms with E-state index in [4.69, 9.17) is 13.9 Å². The molecule has 0 unspecified atom stereocenters. The maximum atomic E-state index is 12.8. The van der Waals surface area contributed by atoms with Crippen LogP contribution in [0.4, 0.5) is 5.69 Å². The number of benzene rings is 2. The van der Waals surface area contributed by atoms with Crippen molar-refractivity contribution in [2.24, 2.45) is 0 Å². The Kier molecular flexibility index (Phi) is 4.89. The number of nitrogens with zero attached hydrogens (tertiary/aromatic N) is 1. The van der Waals surface area contributed by atoms with E-state index in [9.17, 15) is 4.79 Å². The summed E-state index contributed by atoms with van der Waals surface area (Å²) in [7, 11) is 3.87. The number of carbonyl (C=O) groups excluding carboxylic acids is 1. The number of allylic oxidation sites excluding steroid dienone is 1. The van der Waals surface area contributed by atoms with Crippen LogP contribution in [0.2, 0.25) is 0 Å². The maximum absolute atomic E-state index is 12.8. The predicted octanol–water partition coefficient (Wildman–Crippen LogP) is 5.39. The molecule has 0 aliphatic carbocycles. The van der Waals surface area contributed by atoms with Gasteiger partial charge in [0, 0.05) is 36.3 Å². The average Bonchev–Trinajstić information content (AvgIpc) is 3.15. The molecule has 0 atom stereocenters. The molecular weight excluding hydrogens is 366 g/mol. The molecule has 3 aromatic rings. The highest BCUT2D eigenvalue weighted by Crippen LogP contribution is 2.35. The number of carbonyl (C=O) groups is 1. The molecule has 5 nitrogen and oxygen atoms in total. The van der Waals surface area contributed by atoms with Crippen LogP contribution in [0.25, 0.3) is 16.7 Å². The minimum Gasteiger partial charge on any atom is -0.485 e. The fourth-order valence-corrected chi connectivity index (χ4v) is 3.35. The molecule has 2 aromatic carbocycles. The molecule has 0 saturated carbocycles. The van der Waals surface area contributed by atoms with Crippen molar-refractivity contribution in [2.75, 3.05) is 25.6 Å². The number of anilines is 1. The summed E-state index contributed by atoms with van der Waals surface area (Å²) in [6, 6.07) is 17.1. The first-order chi connectivity index (χ1) is 13.9. The second-order valence-corrected chi connectivity index (χ2v) is 7.34. The maximum Gasteiger partial charge on any atom is 0.343 e. The van der Waals surface area contributed by atoms with E-state index in [2.05, 4.69) is 0 Å². The molecule has 1 aliphatic rings. The number of fused-ring (bicyclic) bond motifs is 1. The largest absolute Gasteiger partial charge is 0.485 e. The summed E-state index contributed by atoms with van der Waals surface area (Å²) < 4.78 is 17.7. The molecule has 1 aromatic heterocycles. The van der Waals surface area contributed by atoms with Crippen molar-refractivity contribution in [2.45, 2.75) is 13.8 Å². The summed E-state index contributed by atoms with van der Waals surface area (Å²) in [5.74, 6) is 1.36. The van der Waals surface area contributed by atoms with Gasteiger partial charge in [-0.1, -0.05) is 24.3 Å². The highest BCUT2D eigenvalue weighted by atomic mass is 16.5. The number of ether oxygens (including phenoxy) is 2. The zero-order valence-corrected chi connectivity index (χ0v) is 17.0. The first-order valence-corrected chi connectivity index (χ1v) is 9.46. The number of esters is 1. The molecule has 1 aliphatic heterocycles. The topological polar surface area (TPSA) is 51.9 Å². The summed E-state index contributed by atoms with van der Waals surface area (Å²) in [4.78, 5) is 14.7. The van der Waals surface area contributed by atoms with E-state index < -0.39 is 5.97 Å². The molecule has 5 heteroatoms. The van der Waals surface area contributed by atoms with Gasteiger partial charge in [0.1, 0.15) is 17.9 Å². The van der Waals surface area contributed by atoms with Crippen molar-refractivity contribution in [1.82, 2.24) is 0 Å². The molecule has 0 fully saturated rings. The van der Waals surface area contributed by atoms with Crippen LogP contribution in [0.3, 0.4) is 0 Å². The molecule has 0 N–H and O–H groups in total.